The van der Waals surface area contributed by atoms with Crippen LogP contribution in [0.25, 0.3) is 17.1 Å². The van der Waals surface area contributed by atoms with Gasteiger partial charge in [-0.1, -0.05) is 61.4 Å². The van der Waals surface area contributed by atoms with Crippen molar-refractivity contribution in [3.05, 3.63) is 148 Å². The summed E-state index contributed by atoms with van der Waals surface area (Å²) in [5.74, 6) is -3.84. The summed E-state index contributed by atoms with van der Waals surface area (Å²) in [4.78, 5) is 131. The van der Waals surface area contributed by atoms with Crippen LogP contribution in [-0.4, -0.2) is 171 Å². The second kappa shape index (κ2) is 29.6. The minimum Gasteiger partial charge on any atom is -0.459 e. The highest BCUT2D eigenvalue weighted by molar-refractivity contribution is 6.25. The van der Waals surface area contributed by atoms with Crippen LogP contribution in [-0.2, 0) is 73.7 Å². The number of halogens is 2. The number of rotatable bonds is 29. The van der Waals surface area contributed by atoms with Crippen molar-refractivity contribution in [2.45, 2.75) is 108 Å². The van der Waals surface area contributed by atoms with Crippen LogP contribution in [0, 0.1) is 5.92 Å². The van der Waals surface area contributed by atoms with Gasteiger partial charge in [-0.2, -0.15) is 5.10 Å². The molecule has 1 aliphatic carbocycles. The number of amides is 7. The number of oxazole rings is 1. The number of carbonyl (C=O) groups excluding carboxylic acids is 9. The van der Waals surface area contributed by atoms with Crippen LogP contribution in [0.15, 0.2) is 108 Å². The number of likely N-dealkylation sites (tertiary alicyclic amines) is 2. The molecular weight excluding hydrogens is 1200 g/mol. The van der Waals surface area contributed by atoms with Crippen LogP contribution >= 0.6 is 0 Å². The van der Waals surface area contributed by atoms with Crippen molar-refractivity contribution in [1.82, 2.24) is 45.1 Å². The largest absolute Gasteiger partial charge is 0.459 e. The molecule has 3 aromatic heterocycles. The van der Waals surface area contributed by atoms with Gasteiger partial charge < -0.3 is 43.6 Å². The molecule has 482 valence electrons. The van der Waals surface area contributed by atoms with E-state index in [0.29, 0.717) is 35.3 Å². The summed E-state index contributed by atoms with van der Waals surface area (Å²) in [6, 6.07) is 20.8. The number of hydrogen-bond donors (Lipinski definition) is 3. The van der Waals surface area contributed by atoms with E-state index < -0.39 is 103 Å². The molecule has 3 saturated heterocycles. The number of pyridine rings is 1. The molecule has 1 saturated carbocycles. The molecule has 1 unspecified atom stereocenters. The smallest absolute Gasteiger partial charge is 0.410 e. The fourth-order valence-electron chi connectivity index (χ4n) is 11.5. The summed E-state index contributed by atoms with van der Waals surface area (Å²) in [6.07, 6.45) is 4.35. The molecule has 3 N–H and O–H groups in total. The zero-order chi connectivity index (χ0) is 64.3. The predicted molar refractivity (Wildman–Crippen MR) is 320 cm³/mol. The van der Waals surface area contributed by atoms with Gasteiger partial charge in [-0.05, 0) is 85.5 Å². The van der Waals surface area contributed by atoms with E-state index in [1.807, 2.05) is 36.4 Å². The van der Waals surface area contributed by atoms with Crippen molar-refractivity contribution in [1.29, 1.82) is 0 Å². The highest BCUT2D eigenvalue weighted by atomic mass is 19.3. The number of hydrogen-bond acceptors (Lipinski definition) is 19. The molecule has 4 aliphatic heterocycles. The number of imide groups is 2. The van der Waals surface area contributed by atoms with Crippen molar-refractivity contribution in [3.63, 3.8) is 0 Å². The predicted octanol–water partition coefficient (Wildman–Crippen LogP) is 6.12. The maximum atomic E-state index is 14.4. The van der Waals surface area contributed by atoms with E-state index in [-0.39, 0.29) is 113 Å². The summed E-state index contributed by atoms with van der Waals surface area (Å²) >= 11 is 0. The first-order valence-electron chi connectivity index (χ1n) is 30.6. The molecule has 5 aliphatic rings. The molecule has 27 heteroatoms. The second-order valence-electron chi connectivity index (χ2n) is 23.0. The average Bonchev–Trinajstić information content (AvgIpc) is 1.64. The van der Waals surface area contributed by atoms with Crippen LogP contribution < -0.4 is 16.0 Å². The number of carbonyl (C=O) groups is 9. The number of esters is 1. The number of anilines is 1. The Hall–Kier alpha value is -9.60. The number of nitrogens with one attached hydrogen (secondary N) is 3. The Labute approximate surface area is 526 Å². The van der Waals surface area contributed by atoms with E-state index in [2.05, 4.69) is 31.0 Å². The van der Waals surface area contributed by atoms with Crippen LogP contribution in [0.5, 0.6) is 0 Å². The summed E-state index contributed by atoms with van der Waals surface area (Å²) in [6.45, 7) is 0.501. The van der Waals surface area contributed by atoms with Crippen molar-refractivity contribution >= 4 is 59.0 Å². The second-order valence-corrected chi connectivity index (χ2v) is 23.0. The van der Waals surface area contributed by atoms with E-state index in [1.54, 1.807) is 48.7 Å². The highest BCUT2D eigenvalue weighted by Gasteiger charge is 2.47. The Balaban J connectivity index is 0.654. The molecule has 6 aromatic rings. The molecule has 7 amide bonds. The van der Waals surface area contributed by atoms with E-state index in [1.165, 1.54) is 45.8 Å². The lowest BCUT2D eigenvalue weighted by Crippen LogP contribution is -2.54. The Morgan fingerprint density at radius 3 is 2.37 bits per heavy atom. The SMILES string of the molecule is O=C1CCC(N2C(=O)c3cccc(NCCOCCOCCOCC(=O)N4C[C@H](OC(=O)[C@@H]5CCCN5C(=O)OCc5ccccc5)C[C@H]4C(=O)NCc4ccc(-n5cc(CC(=O)c6coc(-c7ccnc(CCC8CC8)c7)n6)c(C(F)F)n5)cc4)c3C2=O)C(=O)N1. The number of piperidine rings is 1. The first-order chi connectivity index (χ1) is 44.6. The number of ether oxygens (including phenoxy) is 5. The zero-order valence-corrected chi connectivity index (χ0v) is 50.1. The normalized spacial score (nSPS) is 18.8. The van der Waals surface area contributed by atoms with E-state index in [9.17, 15) is 51.9 Å². The van der Waals surface area contributed by atoms with E-state index in [0.717, 1.165) is 34.9 Å². The number of ketones is 1. The molecule has 3 aromatic carbocycles. The zero-order valence-electron chi connectivity index (χ0n) is 50.1. The number of Topliss-reactive ketones (excluding diaryl/α,β-unsaturated/α-hetero) is 1. The third kappa shape index (κ3) is 15.6. The van der Waals surface area contributed by atoms with E-state index >= 15 is 0 Å². The minimum atomic E-state index is -2.99. The van der Waals surface area contributed by atoms with Gasteiger partial charge in [0.15, 0.2) is 5.78 Å². The molecule has 0 radical (unpaired) electrons. The number of benzene rings is 3. The summed E-state index contributed by atoms with van der Waals surface area (Å²) < 4.78 is 64.1. The van der Waals surface area contributed by atoms with Gasteiger partial charge in [0.2, 0.25) is 29.5 Å². The Kier molecular flexibility index (Phi) is 20.6. The van der Waals surface area contributed by atoms with Gasteiger partial charge in [0.1, 0.15) is 55.1 Å². The Morgan fingerprint density at radius 2 is 1.60 bits per heavy atom. The van der Waals surface area contributed by atoms with Crippen molar-refractivity contribution in [2.24, 2.45) is 5.92 Å². The fourth-order valence-corrected chi connectivity index (χ4v) is 11.5. The first kappa shape index (κ1) is 63.9. The van der Waals surface area contributed by atoms with Crippen molar-refractivity contribution in [3.8, 4) is 17.1 Å². The van der Waals surface area contributed by atoms with Gasteiger partial charge in [0.05, 0.1) is 56.4 Å². The van der Waals surface area contributed by atoms with E-state index in [4.69, 9.17) is 28.1 Å². The highest BCUT2D eigenvalue weighted by Crippen LogP contribution is 2.35. The number of aromatic nitrogens is 4. The van der Waals surface area contributed by atoms with Crippen LogP contribution in [0.1, 0.15) is 117 Å². The van der Waals surface area contributed by atoms with Gasteiger partial charge in [-0.15, -0.1) is 0 Å². The minimum absolute atomic E-state index is 0.00174. The lowest BCUT2D eigenvalue weighted by Gasteiger charge is -2.27. The summed E-state index contributed by atoms with van der Waals surface area (Å²) in [7, 11) is 0. The van der Waals surface area contributed by atoms with Gasteiger partial charge in [-0.3, -0.25) is 53.7 Å². The Bertz CT molecular complexity index is 3710. The molecule has 7 heterocycles. The average molecular weight is 1270 g/mol. The molecule has 4 atom stereocenters. The van der Waals surface area contributed by atoms with Crippen molar-refractivity contribution < 1.29 is 80.0 Å². The lowest BCUT2D eigenvalue weighted by molar-refractivity contribution is -0.154. The number of alkyl halides is 2. The van der Waals surface area contributed by atoms with Gasteiger partial charge >= 0.3 is 12.1 Å². The lowest BCUT2D eigenvalue weighted by atomic mass is 10.0. The van der Waals surface area contributed by atoms with Crippen LogP contribution in [0.2, 0.25) is 0 Å². The molecule has 0 bridgehead atoms. The first-order valence-corrected chi connectivity index (χ1v) is 30.6. The van der Waals surface area contributed by atoms with Crippen LogP contribution in [0.3, 0.4) is 0 Å². The summed E-state index contributed by atoms with van der Waals surface area (Å²) in [5, 5.41) is 12.3. The molecule has 25 nitrogen and oxygen atoms in total. The molecular formula is C65H68F2N10O15. The third-order valence-corrected chi connectivity index (χ3v) is 16.5. The number of nitrogens with zero attached hydrogens (tertiary/aromatic N) is 7. The maximum Gasteiger partial charge on any atom is 0.410 e. The monoisotopic (exact) mass is 1270 g/mol. The third-order valence-electron chi connectivity index (χ3n) is 16.5. The van der Waals surface area contributed by atoms with Crippen LogP contribution in [0.4, 0.5) is 19.3 Å². The topological polar surface area (TPSA) is 302 Å². The molecule has 11 rings (SSSR count). The number of aryl methyl sites for hydroxylation is 1. The number of fused-ring (bicyclic) bond motifs is 1. The van der Waals surface area contributed by atoms with Gasteiger partial charge in [0, 0.05) is 73.8 Å². The molecule has 92 heavy (non-hydrogen) atoms. The standard InChI is InChI=1S/C65H68F2N10O15/c66-58(67)57-43(31-53(78)49-37-90-61(71-49)42-21-22-68-44(30-42)16-13-39-11-12-39)34-76(73-57)45-17-14-40(15-18-45)33-70-59(81)52-32-46(92-64(85)51-10-5-24-74(51)65(86)91-36-41-6-2-1-3-7-41)35-75(52)55(80)38-89-29-28-88-27-26-87-25-23-69-48-9-4-8-47-56(48)63(84)77(62(47)83)50-19-20-54(79)72-60(50)82/h1-4,6-9,14-15,17-18,21-22,30,34,37,39,46,50-52,58,69H,5,10-13,16,19-20,23-29,31-33,35-36,38H2,(H,70,81)(H,72,79,82)/t46-,50?,51+,52+/m1/s1. The van der Waals surface area contributed by atoms with Crippen molar-refractivity contribution in [2.75, 3.05) is 64.6 Å². The quantitative estimate of drug-likeness (QED) is 0.0206. The summed E-state index contributed by atoms with van der Waals surface area (Å²) in [5.41, 5.74) is 3.37. The fraction of sp³-hybridized carbons (Fsp3) is 0.415. The molecule has 4 fully saturated rings. The molecule has 0 spiro atoms. The Morgan fingerprint density at radius 1 is 0.815 bits per heavy atom. The van der Waals surface area contributed by atoms with Gasteiger partial charge in [0.25, 0.3) is 18.2 Å². The van der Waals surface area contributed by atoms with Gasteiger partial charge in [-0.25, -0.2) is 28.0 Å². The maximum absolute atomic E-state index is 14.4.